The van der Waals surface area contributed by atoms with E-state index < -0.39 is 0 Å². The molecular weight excluding hydrogens is 218 g/mol. The second-order valence-electron chi connectivity index (χ2n) is 4.64. The van der Waals surface area contributed by atoms with Gasteiger partial charge < -0.3 is 4.90 Å². The summed E-state index contributed by atoms with van der Waals surface area (Å²) in [5, 5.41) is 0. The lowest BCUT2D eigenvalue weighted by atomic mass is 9.96. The minimum absolute atomic E-state index is 0.215. The topological polar surface area (TPSA) is 20.3 Å². The largest absolute Gasteiger partial charge is 0.341 e. The molecular formula is C9H16BrNO. The van der Waals surface area contributed by atoms with Crippen molar-refractivity contribution >= 4 is 21.8 Å². The van der Waals surface area contributed by atoms with Crippen molar-refractivity contribution in [1.82, 2.24) is 4.90 Å². The molecule has 1 amide bonds. The van der Waals surface area contributed by atoms with Gasteiger partial charge in [-0.1, -0.05) is 36.7 Å². The minimum Gasteiger partial charge on any atom is -0.341 e. The van der Waals surface area contributed by atoms with Crippen LogP contribution in [0.4, 0.5) is 0 Å². The van der Waals surface area contributed by atoms with Crippen molar-refractivity contribution in [2.24, 2.45) is 5.41 Å². The Kier molecular flexibility index (Phi) is 2.81. The van der Waals surface area contributed by atoms with Crippen molar-refractivity contribution in [3.63, 3.8) is 0 Å². The molecule has 0 spiro atoms. The number of halogens is 1. The van der Waals surface area contributed by atoms with Gasteiger partial charge in [-0.2, -0.15) is 0 Å². The predicted molar refractivity (Wildman–Crippen MR) is 53.4 cm³/mol. The molecule has 0 aromatic heterocycles. The number of hydrogen-bond donors (Lipinski definition) is 0. The van der Waals surface area contributed by atoms with Gasteiger partial charge in [0.25, 0.3) is 0 Å². The summed E-state index contributed by atoms with van der Waals surface area (Å²) in [6.45, 7) is 8.20. The van der Waals surface area contributed by atoms with Crippen molar-refractivity contribution in [2.45, 2.75) is 32.0 Å². The molecule has 1 unspecified atom stereocenters. The zero-order chi connectivity index (χ0) is 9.35. The summed E-state index contributed by atoms with van der Waals surface area (Å²) < 4.78 is 0. The molecule has 0 aliphatic carbocycles. The van der Waals surface area contributed by atoms with E-state index in [1.54, 1.807) is 0 Å². The van der Waals surface area contributed by atoms with Gasteiger partial charge in [-0.25, -0.2) is 0 Å². The van der Waals surface area contributed by atoms with E-state index in [1.807, 2.05) is 4.90 Å². The third-order valence-electron chi connectivity index (χ3n) is 1.83. The van der Waals surface area contributed by atoms with Crippen LogP contribution in [0.1, 0.15) is 27.2 Å². The van der Waals surface area contributed by atoms with Crippen LogP contribution in [-0.4, -0.2) is 28.7 Å². The molecule has 1 rings (SSSR count). The Balaban J connectivity index is 2.49. The molecule has 1 heterocycles. The van der Waals surface area contributed by atoms with Crippen LogP contribution in [-0.2, 0) is 4.79 Å². The van der Waals surface area contributed by atoms with Crippen molar-refractivity contribution in [2.75, 3.05) is 13.1 Å². The molecule has 1 aliphatic heterocycles. The summed E-state index contributed by atoms with van der Waals surface area (Å²) >= 11 is 3.46. The first-order valence-corrected chi connectivity index (χ1v) is 5.22. The SMILES string of the molecule is CC(C)(C)CN1CC(Br)CC1=O. The summed E-state index contributed by atoms with van der Waals surface area (Å²) in [4.78, 5) is 13.7. The van der Waals surface area contributed by atoms with E-state index >= 15 is 0 Å². The molecule has 0 aromatic carbocycles. The molecule has 12 heavy (non-hydrogen) atoms. The molecule has 0 bridgehead atoms. The van der Waals surface area contributed by atoms with Crippen LogP contribution in [0.2, 0.25) is 0 Å². The molecule has 0 saturated carbocycles. The summed E-state index contributed by atoms with van der Waals surface area (Å²) in [5.74, 6) is 0.284. The second kappa shape index (κ2) is 3.36. The van der Waals surface area contributed by atoms with Gasteiger partial charge in [0.05, 0.1) is 0 Å². The fourth-order valence-electron chi connectivity index (χ4n) is 1.45. The Labute approximate surface area is 82.4 Å². The molecule has 2 nitrogen and oxygen atoms in total. The molecule has 3 heteroatoms. The number of rotatable bonds is 1. The van der Waals surface area contributed by atoms with Crippen LogP contribution in [0.3, 0.4) is 0 Å². The molecule has 1 atom stereocenters. The van der Waals surface area contributed by atoms with E-state index in [9.17, 15) is 4.79 Å². The minimum atomic E-state index is 0.215. The standard InChI is InChI=1S/C9H16BrNO/c1-9(2,3)6-11-5-7(10)4-8(11)12/h7H,4-6H2,1-3H3. The summed E-state index contributed by atoms with van der Waals surface area (Å²) in [6, 6.07) is 0. The highest BCUT2D eigenvalue weighted by atomic mass is 79.9. The monoisotopic (exact) mass is 233 g/mol. The van der Waals surface area contributed by atoms with Crippen LogP contribution >= 0.6 is 15.9 Å². The lowest BCUT2D eigenvalue weighted by Gasteiger charge is -2.26. The molecule has 70 valence electrons. The van der Waals surface area contributed by atoms with Gasteiger partial charge in [0.2, 0.25) is 5.91 Å². The Bertz CT molecular complexity index is 185. The average Bonchev–Trinajstić information content (AvgIpc) is 2.06. The van der Waals surface area contributed by atoms with E-state index in [0.29, 0.717) is 11.2 Å². The smallest absolute Gasteiger partial charge is 0.223 e. The highest BCUT2D eigenvalue weighted by molar-refractivity contribution is 9.09. The van der Waals surface area contributed by atoms with Gasteiger partial charge in [0, 0.05) is 24.3 Å². The van der Waals surface area contributed by atoms with Crippen LogP contribution in [0.25, 0.3) is 0 Å². The van der Waals surface area contributed by atoms with E-state index in [1.165, 1.54) is 0 Å². The van der Waals surface area contributed by atoms with Gasteiger partial charge in [-0.05, 0) is 5.41 Å². The van der Waals surface area contributed by atoms with Crippen molar-refractivity contribution in [3.8, 4) is 0 Å². The summed E-state index contributed by atoms with van der Waals surface area (Å²) in [5.41, 5.74) is 0.215. The Morgan fingerprint density at radius 3 is 2.50 bits per heavy atom. The van der Waals surface area contributed by atoms with Crippen LogP contribution < -0.4 is 0 Å². The molecule has 0 radical (unpaired) electrons. The first-order chi connectivity index (χ1) is 5.38. The lowest BCUT2D eigenvalue weighted by molar-refractivity contribution is -0.128. The number of nitrogens with zero attached hydrogens (tertiary/aromatic N) is 1. The van der Waals surface area contributed by atoms with Gasteiger partial charge >= 0.3 is 0 Å². The van der Waals surface area contributed by atoms with Gasteiger partial charge in [-0.15, -0.1) is 0 Å². The number of alkyl halides is 1. The zero-order valence-electron chi connectivity index (χ0n) is 7.93. The van der Waals surface area contributed by atoms with Gasteiger partial charge in [0.1, 0.15) is 0 Å². The fraction of sp³-hybridized carbons (Fsp3) is 0.889. The number of hydrogen-bond acceptors (Lipinski definition) is 1. The maximum absolute atomic E-state index is 11.4. The predicted octanol–water partition coefficient (Wildman–Crippen LogP) is 2.03. The molecule has 1 fully saturated rings. The number of carbonyl (C=O) groups excluding carboxylic acids is 1. The van der Waals surface area contributed by atoms with E-state index in [0.717, 1.165) is 13.1 Å². The Hall–Kier alpha value is -0.0500. The highest BCUT2D eigenvalue weighted by Gasteiger charge is 2.30. The Morgan fingerprint density at radius 2 is 2.17 bits per heavy atom. The number of amides is 1. The average molecular weight is 234 g/mol. The van der Waals surface area contributed by atoms with Crippen molar-refractivity contribution in [3.05, 3.63) is 0 Å². The maximum Gasteiger partial charge on any atom is 0.223 e. The number of likely N-dealkylation sites (tertiary alicyclic amines) is 1. The van der Waals surface area contributed by atoms with E-state index in [2.05, 4.69) is 36.7 Å². The highest BCUT2D eigenvalue weighted by Crippen LogP contribution is 2.23. The van der Waals surface area contributed by atoms with Crippen molar-refractivity contribution in [1.29, 1.82) is 0 Å². The summed E-state index contributed by atoms with van der Waals surface area (Å²) in [7, 11) is 0. The van der Waals surface area contributed by atoms with E-state index in [-0.39, 0.29) is 11.3 Å². The fourth-order valence-corrected chi connectivity index (χ4v) is 2.08. The lowest BCUT2D eigenvalue weighted by Crippen LogP contribution is -2.33. The third kappa shape index (κ3) is 2.77. The second-order valence-corrected chi connectivity index (χ2v) is 5.93. The maximum atomic E-state index is 11.4. The normalized spacial score (nSPS) is 25.2. The quantitative estimate of drug-likeness (QED) is 0.635. The van der Waals surface area contributed by atoms with Crippen LogP contribution in [0.5, 0.6) is 0 Å². The molecule has 0 N–H and O–H groups in total. The summed E-state index contributed by atoms with van der Waals surface area (Å²) in [6.07, 6.45) is 0.663. The molecule has 1 aliphatic rings. The van der Waals surface area contributed by atoms with Crippen molar-refractivity contribution < 1.29 is 4.79 Å². The molecule has 1 saturated heterocycles. The number of carbonyl (C=O) groups is 1. The third-order valence-corrected chi connectivity index (χ3v) is 2.45. The Morgan fingerprint density at radius 1 is 1.58 bits per heavy atom. The first kappa shape index (κ1) is 10.0. The van der Waals surface area contributed by atoms with Crippen LogP contribution in [0.15, 0.2) is 0 Å². The van der Waals surface area contributed by atoms with Gasteiger partial charge in [-0.3, -0.25) is 4.79 Å². The zero-order valence-corrected chi connectivity index (χ0v) is 9.52. The molecule has 0 aromatic rings. The first-order valence-electron chi connectivity index (χ1n) is 4.30. The van der Waals surface area contributed by atoms with E-state index in [4.69, 9.17) is 0 Å². The van der Waals surface area contributed by atoms with Gasteiger partial charge in [0.15, 0.2) is 0 Å². The van der Waals surface area contributed by atoms with Crippen LogP contribution in [0, 0.1) is 5.41 Å².